The lowest BCUT2D eigenvalue weighted by Crippen LogP contribution is -2.13. The van der Waals surface area contributed by atoms with E-state index in [9.17, 15) is 5.26 Å². The molecule has 1 aromatic carbocycles. The van der Waals surface area contributed by atoms with Gasteiger partial charge in [-0.05, 0) is 24.5 Å². The lowest BCUT2D eigenvalue weighted by atomic mass is 10.0. The summed E-state index contributed by atoms with van der Waals surface area (Å²) in [5, 5.41) is 9.32. The number of nitriles is 1. The van der Waals surface area contributed by atoms with Crippen molar-refractivity contribution >= 4 is 11.8 Å². The fourth-order valence-electron chi connectivity index (χ4n) is 1.77. The van der Waals surface area contributed by atoms with Gasteiger partial charge in [0.1, 0.15) is 0 Å². The van der Waals surface area contributed by atoms with Gasteiger partial charge in [0.15, 0.2) is 0 Å². The van der Waals surface area contributed by atoms with Gasteiger partial charge in [0.25, 0.3) is 0 Å². The number of benzene rings is 1. The van der Waals surface area contributed by atoms with Crippen molar-refractivity contribution in [3.8, 4) is 6.07 Å². The maximum Gasteiger partial charge on any atom is 0.0991 e. The molecule has 1 atom stereocenters. The van der Waals surface area contributed by atoms with Gasteiger partial charge in [0.2, 0.25) is 0 Å². The molecular formula is C14H19NS. The lowest BCUT2D eigenvalue weighted by molar-refractivity contribution is 0.514. The van der Waals surface area contributed by atoms with Crippen LogP contribution in [0.3, 0.4) is 0 Å². The van der Waals surface area contributed by atoms with Crippen LogP contribution in [0.5, 0.6) is 0 Å². The Bertz CT molecular complexity index is 363. The largest absolute Gasteiger partial charge is 0.197 e. The molecule has 0 saturated heterocycles. The number of nitrogens with zero attached hydrogens (tertiary/aromatic N) is 1. The van der Waals surface area contributed by atoms with Crippen molar-refractivity contribution in [2.75, 3.05) is 0 Å². The molecule has 16 heavy (non-hydrogen) atoms. The molecule has 0 fully saturated rings. The van der Waals surface area contributed by atoms with Crippen molar-refractivity contribution in [1.29, 1.82) is 5.26 Å². The predicted octanol–water partition coefficient (Wildman–Crippen LogP) is 4.42. The van der Waals surface area contributed by atoms with E-state index in [1.807, 2.05) is 12.1 Å². The SMILES string of the molecule is CCC(CC)C(C#N)Sc1ccccc1C. The quantitative estimate of drug-likeness (QED) is 0.703. The second-order valence-electron chi connectivity index (χ2n) is 4.01. The third kappa shape index (κ3) is 3.28. The molecule has 1 unspecified atom stereocenters. The molecule has 0 amide bonds. The van der Waals surface area contributed by atoms with Gasteiger partial charge in [-0.25, -0.2) is 0 Å². The lowest BCUT2D eigenvalue weighted by Gasteiger charge is -2.19. The van der Waals surface area contributed by atoms with Crippen LogP contribution in [-0.2, 0) is 0 Å². The fourth-order valence-corrected chi connectivity index (χ4v) is 3.08. The second-order valence-corrected chi connectivity index (χ2v) is 5.19. The van der Waals surface area contributed by atoms with Gasteiger partial charge < -0.3 is 0 Å². The van der Waals surface area contributed by atoms with Crippen molar-refractivity contribution in [3.05, 3.63) is 29.8 Å². The van der Waals surface area contributed by atoms with Crippen molar-refractivity contribution in [3.63, 3.8) is 0 Å². The topological polar surface area (TPSA) is 23.8 Å². The first-order valence-electron chi connectivity index (χ1n) is 5.84. The summed E-state index contributed by atoms with van der Waals surface area (Å²) < 4.78 is 0. The molecule has 0 bridgehead atoms. The Labute approximate surface area is 103 Å². The minimum absolute atomic E-state index is 0.0797. The third-order valence-corrected chi connectivity index (χ3v) is 4.41. The van der Waals surface area contributed by atoms with Gasteiger partial charge in [0, 0.05) is 4.90 Å². The van der Waals surface area contributed by atoms with Crippen LogP contribution in [0.2, 0.25) is 0 Å². The number of thioether (sulfide) groups is 1. The molecular weight excluding hydrogens is 214 g/mol. The first-order chi connectivity index (χ1) is 7.72. The van der Waals surface area contributed by atoms with Crippen molar-refractivity contribution in [1.82, 2.24) is 0 Å². The summed E-state index contributed by atoms with van der Waals surface area (Å²) in [6.07, 6.45) is 2.15. The van der Waals surface area contributed by atoms with Gasteiger partial charge in [-0.15, -0.1) is 11.8 Å². The van der Waals surface area contributed by atoms with Gasteiger partial charge in [-0.2, -0.15) is 5.26 Å². The van der Waals surface area contributed by atoms with E-state index in [2.05, 4.69) is 39.0 Å². The monoisotopic (exact) mass is 233 g/mol. The number of hydrogen-bond donors (Lipinski definition) is 0. The van der Waals surface area contributed by atoms with E-state index in [1.54, 1.807) is 11.8 Å². The Morgan fingerprint density at radius 1 is 1.25 bits per heavy atom. The summed E-state index contributed by atoms with van der Waals surface area (Å²) in [6, 6.07) is 10.7. The number of aryl methyl sites for hydroxylation is 1. The van der Waals surface area contributed by atoms with Crippen molar-refractivity contribution in [2.24, 2.45) is 5.92 Å². The van der Waals surface area contributed by atoms with Crippen LogP contribution in [0.15, 0.2) is 29.2 Å². The smallest absolute Gasteiger partial charge is 0.0991 e. The van der Waals surface area contributed by atoms with Gasteiger partial charge in [-0.1, -0.05) is 44.9 Å². The van der Waals surface area contributed by atoms with Crippen LogP contribution in [0, 0.1) is 24.2 Å². The molecule has 86 valence electrons. The zero-order valence-electron chi connectivity index (χ0n) is 10.2. The molecule has 0 N–H and O–H groups in total. The Kier molecular flexibility index (Phi) is 5.42. The summed E-state index contributed by atoms with van der Waals surface area (Å²) in [6.45, 7) is 6.43. The van der Waals surface area contributed by atoms with E-state index < -0.39 is 0 Å². The van der Waals surface area contributed by atoms with Crippen LogP contribution in [0.4, 0.5) is 0 Å². The Morgan fingerprint density at radius 3 is 2.38 bits per heavy atom. The van der Waals surface area contributed by atoms with Gasteiger partial charge in [0.05, 0.1) is 11.3 Å². The van der Waals surface area contributed by atoms with Crippen LogP contribution in [-0.4, -0.2) is 5.25 Å². The standard InChI is InChI=1S/C14H19NS/c1-4-12(5-2)14(10-15)16-13-9-7-6-8-11(13)3/h6-9,12,14H,4-5H2,1-3H3. The minimum Gasteiger partial charge on any atom is -0.197 e. The molecule has 0 saturated carbocycles. The summed E-state index contributed by atoms with van der Waals surface area (Å²) in [4.78, 5) is 1.24. The van der Waals surface area contributed by atoms with Crippen LogP contribution in [0.25, 0.3) is 0 Å². The van der Waals surface area contributed by atoms with Crippen molar-refractivity contribution in [2.45, 2.75) is 43.8 Å². The molecule has 2 heteroatoms. The third-order valence-electron chi connectivity index (χ3n) is 2.95. The maximum absolute atomic E-state index is 9.24. The molecule has 0 aromatic heterocycles. The molecule has 0 aliphatic carbocycles. The van der Waals surface area contributed by atoms with E-state index in [0.29, 0.717) is 5.92 Å². The van der Waals surface area contributed by atoms with Crippen LogP contribution in [0.1, 0.15) is 32.3 Å². The summed E-state index contributed by atoms with van der Waals surface area (Å²) in [7, 11) is 0. The van der Waals surface area contributed by atoms with Crippen molar-refractivity contribution < 1.29 is 0 Å². The molecule has 0 spiro atoms. The average Bonchev–Trinajstić information content (AvgIpc) is 2.31. The highest BCUT2D eigenvalue weighted by Crippen LogP contribution is 2.32. The first kappa shape index (κ1) is 13.1. The molecule has 0 heterocycles. The van der Waals surface area contributed by atoms with E-state index in [4.69, 9.17) is 0 Å². The van der Waals surface area contributed by atoms with E-state index in [1.165, 1.54) is 10.5 Å². The Hall–Kier alpha value is -0.940. The number of hydrogen-bond acceptors (Lipinski definition) is 2. The maximum atomic E-state index is 9.24. The highest BCUT2D eigenvalue weighted by atomic mass is 32.2. The van der Waals surface area contributed by atoms with Gasteiger partial charge in [-0.3, -0.25) is 0 Å². The molecule has 0 radical (unpaired) electrons. The zero-order valence-corrected chi connectivity index (χ0v) is 11.1. The normalized spacial score (nSPS) is 12.4. The Morgan fingerprint density at radius 2 is 1.88 bits per heavy atom. The van der Waals surface area contributed by atoms with E-state index in [-0.39, 0.29) is 5.25 Å². The highest BCUT2D eigenvalue weighted by Gasteiger charge is 2.19. The molecule has 1 rings (SSSR count). The summed E-state index contributed by atoms with van der Waals surface area (Å²) in [5.74, 6) is 0.495. The molecule has 0 aliphatic rings. The minimum atomic E-state index is 0.0797. The zero-order chi connectivity index (χ0) is 12.0. The van der Waals surface area contributed by atoms with E-state index in [0.717, 1.165) is 12.8 Å². The summed E-state index contributed by atoms with van der Waals surface area (Å²) >= 11 is 1.71. The molecule has 1 aromatic rings. The van der Waals surface area contributed by atoms with E-state index >= 15 is 0 Å². The molecule has 1 nitrogen and oxygen atoms in total. The van der Waals surface area contributed by atoms with Gasteiger partial charge >= 0.3 is 0 Å². The Balaban J connectivity index is 2.79. The number of rotatable bonds is 5. The summed E-state index contributed by atoms with van der Waals surface area (Å²) in [5.41, 5.74) is 1.26. The second kappa shape index (κ2) is 6.60. The first-order valence-corrected chi connectivity index (χ1v) is 6.72. The van der Waals surface area contributed by atoms with Crippen LogP contribution >= 0.6 is 11.8 Å². The fraction of sp³-hybridized carbons (Fsp3) is 0.500. The van der Waals surface area contributed by atoms with Crippen LogP contribution < -0.4 is 0 Å². The highest BCUT2D eigenvalue weighted by molar-refractivity contribution is 8.00. The predicted molar refractivity (Wildman–Crippen MR) is 70.5 cm³/mol. The average molecular weight is 233 g/mol. The molecule has 0 aliphatic heterocycles.